The van der Waals surface area contributed by atoms with Crippen molar-refractivity contribution in [2.75, 3.05) is 31.1 Å². The minimum absolute atomic E-state index is 0.874. The molecule has 4 rings (SSSR count). The molecular weight excluding hydrogens is 308 g/mol. The van der Waals surface area contributed by atoms with Crippen molar-refractivity contribution >= 4 is 27.7 Å². The summed E-state index contributed by atoms with van der Waals surface area (Å²) in [7, 11) is 0. The Bertz CT molecular complexity index is 754. The van der Waals surface area contributed by atoms with E-state index in [1.165, 1.54) is 11.5 Å². The highest BCUT2D eigenvalue weighted by molar-refractivity contribution is 7.09. The number of H-pyrrole nitrogens is 1. The molecule has 0 unspecified atom stereocenters. The third-order valence-electron chi connectivity index (χ3n) is 4.23. The van der Waals surface area contributed by atoms with E-state index < -0.39 is 0 Å². The van der Waals surface area contributed by atoms with E-state index >= 15 is 0 Å². The summed E-state index contributed by atoms with van der Waals surface area (Å²) in [6.07, 6.45) is 0.905. The summed E-state index contributed by atoms with van der Waals surface area (Å²) in [5, 5.41) is 1.06. The zero-order chi connectivity index (χ0) is 15.6. The number of piperazine rings is 1. The van der Waals surface area contributed by atoms with E-state index in [9.17, 15) is 0 Å². The number of nitrogens with zero attached hydrogens (tertiary/aromatic N) is 5. The second-order valence-electron chi connectivity index (χ2n) is 5.81. The third kappa shape index (κ3) is 3.07. The summed E-state index contributed by atoms with van der Waals surface area (Å²) < 4.78 is 4.38. The number of aryl methyl sites for hydroxylation is 1. The molecule has 1 fully saturated rings. The molecule has 1 aliphatic rings. The van der Waals surface area contributed by atoms with E-state index in [1.54, 1.807) is 0 Å². The Morgan fingerprint density at radius 3 is 2.70 bits per heavy atom. The summed E-state index contributed by atoms with van der Waals surface area (Å²) in [6.45, 7) is 7.02. The Kier molecular flexibility index (Phi) is 3.97. The predicted molar refractivity (Wildman–Crippen MR) is 92.9 cm³/mol. The molecule has 6 nitrogen and oxygen atoms in total. The van der Waals surface area contributed by atoms with Gasteiger partial charge in [0, 0.05) is 44.1 Å². The van der Waals surface area contributed by atoms with Crippen LogP contribution in [0.15, 0.2) is 24.3 Å². The third-order valence-corrected chi connectivity index (χ3v) is 5.04. The fraction of sp³-hybridized carbons (Fsp3) is 0.438. The number of hydrogen-bond donors (Lipinski definition) is 1. The van der Waals surface area contributed by atoms with E-state index in [-0.39, 0.29) is 0 Å². The van der Waals surface area contributed by atoms with Gasteiger partial charge in [0.15, 0.2) is 0 Å². The van der Waals surface area contributed by atoms with Crippen LogP contribution in [0.1, 0.15) is 18.6 Å². The fourth-order valence-electron chi connectivity index (χ4n) is 2.91. The Balaban J connectivity index is 1.37. The Hall–Kier alpha value is -1.99. The first-order chi connectivity index (χ1) is 11.3. The zero-order valence-corrected chi connectivity index (χ0v) is 14.0. The SMILES string of the molecule is CCc1nsc(N2CCN(Cc3nc4ccccc4[nH]3)CC2)n1. The lowest BCUT2D eigenvalue weighted by Crippen LogP contribution is -2.46. The molecule has 1 aliphatic heterocycles. The lowest BCUT2D eigenvalue weighted by Gasteiger charge is -2.33. The molecule has 0 amide bonds. The van der Waals surface area contributed by atoms with E-state index in [1.807, 2.05) is 18.2 Å². The van der Waals surface area contributed by atoms with Gasteiger partial charge in [-0.1, -0.05) is 19.1 Å². The number of nitrogens with one attached hydrogen (secondary N) is 1. The lowest BCUT2D eigenvalue weighted by atomic mass is 10.3. The van der Waals surface area contributed by atoms with Crippen molar-refractivity contribution in [1.29, 1.82) is 0 Å². The second-order valence-corrected chi connectivity index (χ2v) is 6.54. The van der Waals surface area contributed by atoms with Crippen LogP contribution in [0.2, 0.25) is 0 Å². The van der Waals surface area contributed by atoms with E-state index in [0.717, 1.165) is 67.0 Å². The first-order valence-electron chi connectivity index (χ1n) is 8.05. The number of anilines is 1. The Morgan fingerprint density at radius 1 is 1.13 bits per heavy atom. The molecule has 1 N–H and O–H groups in total. The second kappa shape index (κ2) is 6.25. The molecule has 0 bridgehead atoms. The Morgan fingerprint density at radius 2 is 1.96 bits per heavy atom. The van der Waals surface area contributed by atoms with E-state index in [4.69, 9.17) is 0 Å². The van der Waals surface area contributed by atoms with Crippen LogP contribution in [-0.2, 0) is 13.0 Å². The van der Waals surface area contributed by atoms with Crippen LogP contribution in [-0.4, -0.2) is 50.4 Å². The van der Waals surface area contributed by atoms with Crippen molar-refractivity contribution in [3.05, 3.63) is 35.9 Å². The van der Waals surface area contributed by atoms with Gasteiger partial charge in [-0.3, -0.25) is 4.90 Å². The predicted octanol–water partition coefficient (Wildman–Crippen LogP) is 2.30. The summed E-state index contributed by atoms with van der Waals surface area (Å²) >= 11 is 1.52. The van der Waals surface area contributed by atoms with Crippen LogP contribution in [0, 0.1) is 0 Å². The number of rotatable bonds is 4. The maximum absolute atomic E-state index is 4.67. The molecular formula is C16H20N6S. The molecule has 3 aromatic rings. The van der Waals surface area contributed by atoms with Crippen LogP contribution in [0.3, 0.4) is 0 Å². The van der Waals surface area contributed by atoms with Gasteiger partial charge in [-0.15, -0.1) is 0 Å². The van der Waals surface area contributed by atoms with Crippen LogP contribution >= 0.6 is 11.5 Å². The van der Waals surface area contributed by atoms with Crippen LogP contribution in [0.4, 0.5) is 5.13 Å². The number of aromatic nitrogens is 4. The maximum atomic E-state index is 4.67. The quantitative estimate of drug-likeness (QED) is 0.796. The van der Waals surface area contributed by atoms with Gasteiger partial charge in [0.2, 0.25) is 5.13 Å². The highest BCUT2D eigenvalue weighted by Crippen LogP contribution is 2.20. The number of fused-ring (bicyclic) bond motifs is 1. The van der Waals surface area contributed by atoms with Gasteiger partial charge in [0.05, 0.1) is 17.6 Å². The summed E-state index contributed by atoms with van der Waals surface area (Å²) in [6, 6.07) is 8.19. The molecule has 120 valence electrons. The molecule has 1 saturated heterocycles. The highest BCUT2D eigenvalue weighted by Gasteiger charge is 2.20. The van der Waals surface area contributed by atoms with Gasteiger partial charge >= 0.3 is 0 Å². The number of imidazole rings is 1. The topological polar surface area (TPSA) is 60.9 Å². The van der Waals surface area contributed by atoms with Gasteiger partial charge in [-0.25, -0.2) is 9.97 Å². The van der Waals surface area contributed by atoms with Gasteiger partial charge < -0.3 is 9.88 Å². The monoisotopic (exact) mass is 328 g/mol. The van der Waals surface area contributed by atoms with Crippen molar-refractivity contribution < 1.29 is 0 Å². The molecule has 23 heavy (non-hydrogen) atoms. The van der Waals surface area contributed by atoms with Crippen LogP contribution in [0.25, 0.3) is 11.0 Å². The normalized spacial score (nSPS) is 16.3. The molecule has 1 aromatic carbocycles. The maximum Gasteiger partial charge on any atom is 0.205 e. The fourth-order valence-corrected chi connectivity index (χ4v) is 3.71. The first kappa shape index (κ1) is 14.6. The number of aromatic amines is 1. The minimum atomic E-state index is 0.874. The molecule has 7 heteroatoms. The van der Waals surface area contributed by atoms with Gasteiger partial charge in [-0.2, -0.15) is 4.37 Å². The van der Waals surface area contributed by atoms with Crippen molar-refractivity contribution in [3.8, 4) is 0 Å². The summed E-state index contributed by atoms with van der Waals surface area (Å²) in [5.41, 5.74) is 2.16. The number of benzene rings is 1. The van der Waals surface area contributed by atoms with Crippen molar-refractivity contribution in [2.24, 2.45) is 0 Å². The smallest absolute Gasteiger partial charge is 0.205 e. The largest absolute Gasteiger partial charge is 0.344 e. The Labute approximate surface area is 139 Å². The highest BCUT2D eigenvalue weighted by atomic mass is 32.1. The first-order valence-corrected chi connectivity index (χ1v) is 8.82. The molecule has 0 spiro atoms. The number of para-hydroxylation sites is 2. The van der Waals surface area contributed by atoms with Gasteiger partial charge in [0.25, 0.3) is 0 Å². The molecule has 0 saturated carbocycles. The standard InChI is InChI=1S/C16H20N6S/c1-2-14-19-16(23-20-14)22-9-7-21(8-10-22)11-15-17-12-5-3-4-6-13(12)18-15/h3-6H,2,7-11H2,1H3,(H,17,18). The average Bonchev–Trinajstić information content (AvgIpc) is 3.21. The summed E-state index contributed by atoms with van der Waals surface area (Å²) in [5.74, 6) is 2.00. The van der Waals surface area contributed by atoms with Crippen molar-refractivity contribution in [1.82, 2.24) is 24.2 Å². The molecule has 3 heterocycles. The molecule has 0 radical (unpaired) electrons. The van der Waals surface area contributed by atoms with Gasteiger partial charge in [0.1, 0.15) is 11.6 Å². The average molecular weight is 328 g/mol. The van der Waals surface area contributed by atoms with Gasteiger partial charge in [-0.05, 0) is 12.1 Å². The van der Waals surface area contributed by atoms with Crippen LogP contribution in [0.5, 0.6) is 0 Å². The summed E-state index contributed by atoms with van der Waals surface area (Å²) in [4.78, 5) is 17.4. The van der Waals surface area contributed by atoms with Crippen LogP contribution < -0.4 is 4.90 Å². The minimum Gasteiger partial charge on any atom is -0.344 e. The van der Waals surface area contributed by atoms with Crippen molar-refractivity contribution in [2.45, 2.75) is 19.9 Å². The number of hydrogen-bond acceptors (Lipinski definition) is 6. The lowest BCUT2D eigenvalue weighted by molar-refractivity contribution is 0.245. The van der Waals surface area contributed by atoms with E-state index in [2.05, 4.69) is 42.1 Å². The zero-order valence-electron chi connectivity index (χ0n) is 13.2. The molecule has 0 aliphatic carbocycles. The van der Waals surface area contributed by atoms with Crippen molar-refractivity contribution in [3.63, 3.8) is 0 Å². The van der Waals surface area contributed by atoms with E-state index in [0.29, 0.717) is 0 Å². The molecule has 0 atom stereocenters. The molecule has 2 aromatic heterocycles.